The van der Waals surface area contributed by atoms with Crippen molar-refractivity contribution >= 4 is 23.4 Å². The van der Waals surface area contributed by atoms with Gasteiger partial charge in [-0.15, -0.1) is 0 Å². The van der Waals surface area contributed by atoms with E-state index in [4.69, 9.17) is 9.47 Å². The molecule has 2 aliphatic heterocycles. The lowest BCUT2D eigenvalue weighted by atomic mass is 9.86. The Morgan fingerprint density at radius 1 is 1.23 bits per heavy atom. The van der Waals surface area contributed by atoms with Crippen molar-refractivity contribution in [2.24, 2.45) is 0 Å². The minimum atomic E-state index is -0.286. The molecule has 0 unspecified atom stereocenters. The van der Waals surface area contributed by atoms with Gasteiger partial charge in [-0.05, 0) is 43.2 Å². The highest BCUT2D eigenvalue weighted by atomic mass is 32.2. The van der Waals surface area contributed by atoms with E-state index in [2.05, 4.69) is 30.0 Å². The average molecular weight is 436 g/mol. The third-order valence-electron chi connectivity index (χ3n) is 5.64. The number of fused-ring (bicyclic) bond motifs is 1. The fraction of sp³-hybridized carbons (Fsp3) is 0.333. The quantitative estimate of drug-likeness (QED) is 0.683. The van der Waals surface area contributed by atoms with Gasteiger partial charge in [0.1, 0.15) is 0 Å². The maximum atomic E-state index is 13.1. The molecule has 0 aromatic heterocycles. The van der Waals surface area contributed by atoms with E-state index in [0.717, 1.165) is 16.3 Å². The van der Waals surface area contributed by atoms with E-state index in [1.807, 2.05) is 37.3 Å². The maximum Gasteiger partial charge on any atom is 0.229 e. The van der Waals surface area contributed by atoms with Gasteiger partial charge in [-0.1, -0.05) is 36.0 Å². The summed E-state index contributed by atoms with van der Waals surface area (Å²) >= 11 is 1.55. The number of nitrogens with zero attached hydrogens (tertiary/aromatic N) is 3. The normalized spacial score (nSPS) is 18.5. The molecule has 2 aromatic carbocycles. The summed E-state index contributed by atoms with van der Waals surface area (Å²) < 4.78 is 11.1. The first-order valence-electron chi connectivity index (χ1n) is 10.3. The zero-order valence-electron chi connectivity index (χ0n) is 17.9. The summed E-state index contributed by atoms with van der Waals surface area (Å²) in [5.74, 6) is 1.70. The molecule has 1 saturated heterocycles. The molecular formula is C24H25N3O3S. The topological polar surface area (TPSA) is 65.8 Å². The standard InChI is InChI=1S/C24H25N3O3S/c1-4-30-21-10-9-17(11-22(21)29-3)18-12-23(28)27-14-26(15-31-24(27)19(18)13-25)20-8-6-5-7-16(20)2/h5-11,18H,4,12,14-15H2,1-3H3/t18-/m1/s1. The van der Waals surface area contributed by atoms with Crippen LogP contribution in [-0.4, -0.2) is 37.1 Å². The number of methoxy groups -OCH3 is 1. The Morgan fingerprint density at radius 3 is 2.74 bits per heavy atom. The van der Waals surface area contributed by atoms with Crippen molar-refractivity contribution in [1.29, 1.82) is 5.26 Å². The largest absolute Gasteiger partial charge is 0.493 e. The van der Waals surface area contributed by atoms with E-state index in [1.54, 1.807) is 23.8 Å². The summed E-state index contributed by atoms with van der Waals surface area (Å²) in [7, 11) is 1.59. The first-order valence-corrected chi connectivity index (χ1v) is 11.2. The third kappa shape index (κ3) is 3.96. The number of benzene rings is 2. The molecule has 0 bridgehead atoms. The van der Waals surface area contributed by atoms with Gasteiger partial charge in [0.25, 0.3) is 0 Å². The zero-order valence-corrected chi connectivity index (χ0v) is 18.7. The lowest BCUT2D eigenvalue weighted by Crippen LogP contribution is -2.47. The number of para-hydroxylation sites is 1. The molecular weight excluding hydrogens is 410 g/mol. The highest BCUT2D eigenvalue weighted by Crippen LogP contribution is 2.44. The molecule has 6 nitrogen and oxygen atoms in total. The van der Waals surface area contributed by atoms with Crippen LogP contribution >= 0.6 is 11.8 Å². The Labute approximate surface area is 187 Å². The molecule has 0 aliphatic carbocycles. The Kier molecular flexibility index (Phi) is 6.10. The number of carbonyl (C=O) groups is 1. The number of nitriles is 1. The Balaban J connectivity index is 1.67. The molecule has 4 rings (SSSR count). The maximum absolute atomic E-state index is 13.1. The Bertz CT molecular complexity index is 1080. The molecule has 1 amide bonds. The van der Waals surface area contributed by atoms with E-state index in [9.17, 15) is 10.1 Å². The second-order valence-corrected chi connectivity index (χ2v) is 8.43. The second-order valence-electron chi connectivity index (χ2n) is 7.49. The molecule has 0 spiro atoms. The van der Waals surface area contributed by atoms with E-state index in [-0.39, 0.29) is 18.2 Å². The van der Waals surface area contributed by atoms with Gasteiger partial charge in [0.05, 0.1) is 42.9 Å². The zero-order chi connectivity index (χ0) is 22.0. The van der Waals surface area contributed by atoms with Gasteiger partial charge in [0.2, 0.25) is 5.91 Å². The van der Waals surface area contributed by atoms with Crippen LogP contribution < -0.4 is 14.4 Å². The number of hydrogen-bond acceptors (Lipinski definition) is 6. The minimum Gasteiger partial charge on any atom is -0.493 e. The molecule has 0 saturated carbocycles. The van der Waals surface area contributed by atoms with Gasteiger partial charge in [-0.3, -0.25) is 9.69 Å². The van der Waals surface area contributed by atoms with Crippen molar-refractivity contribution in [1.82, 2.24) is 4.90 Å². The van der Waals surface area contributed by atoms with Crippen molar-refractivity contribution in [2.45, 2.75) is 26.2 Å². The van der Waals surface area contributed by atoms with Crippen LogP contribution in [0, 0.1) is 18.3 Å². The van der Waals surface area contributed by atoms with Gasteiger partial charge in [-0.2, -0.15) is 5.26 Å². The van der Waals surface area contributed by atoms with E-state index >= 15 is 0 Å². The van der Waals surface area contributed by atoms with Crippen LogP contribution in [0.25, 0.3) is 0 Å². The van der Waals surface area contributed by atoms with Crippen molar-refractivity contribution in [3.8, 4) is 17.6 Å². The number of amides is 1. The summed E-state index contributed by atoms with van der Waals surface area (Å²) in [5, 5.41) is 10.8. The lowest BCUT2D eigenvalue weighted by Gasteiger charge is -2.42. The predicted molar refractivity (Wildman–Crippen MR) is 122 cm³/mol. The number of anilines is 1. The fourth-order valence-corrected chi connectivity index (χ4v) is 5.25. The van der Waals surface area contributed by atoms with E-state index < -0.39 is 0 Å². The van der Waals surface area contributed by atoms with Crippen LogP contribution in [0.4, 0.5) is 5.69 Å². The van der Waals surface area contributed by atoms with Crippen LogP contribution in [0.5, 0.6) is 11.5 Å². The molecule has 2 aromatic rings. The molecule has 0 N–H and O–H groups in total. The predicted octanol–water partition coefficient (Wildman–Crippen LogP) is 4.62. The first kappa shape index (κ1) is 21.1. The average Bonchev–Trinajstić information content (AvgIpc) is 2.79. The number of thioether (sulfide) groups is 1. The number of carbonyl (C=O) groups excluding carboxylic acids is 1. The third-order valence-corrected chi connectivity index (χ3v) is 6.79. The fourth-order valence-electron chi connectivity index (χ4n) is 4.09. The monoisotopic (exact) mass is 435 g/mol. The van der Waals surface area contributed by atoms with Crippen LogP contribution in [0.3, 0.4) is 0 Å². The SMILES string of the molecule is CCOc1ccc([C@H]2CC(=O)N3CN(c4ccccc4C)CSC3=C2C#N)cc1OC. The van der Waals surface area contributed by atoms with Crippen LogP contribution in [-0.2, 0) is 4.79 Å². The number of allylic oxidation sites excluding steroid dienone is 1. The molecule has 0 radical (unpaired) electrons. The van der Waals surface area contributed by atoms with Crippen molar-refractivity contribution < 1.29 is 14.3 Å². The van der Waals surface area contributed by atoms with Gasteiger partial charge in [0, 0.05) is 18.0 Å². The molecule has 160 valence electrons. The summed E-state index contributed by atoms with van der Waals surface area (Å²) in [6.07, 6.45) is 0.256. The van der Waals surface area contributed by atoms with Gasteiger partial charge in [0.15, 0.2) is 11.5 Å². The second kappa shape index (κ2) is 8.94. The van der Waals surface area contributed by atoms with Gasteiger partial charge >= 0.3 is 0 Å². The van der Waals surface area contributed by atoms with E-state index in [1.165, 1.54) is 5.56 Å². The number of ether oxygens (including phenoxy) is 2. The van der Waals surface area contributed by atoms with E-state index in [0.29, 0.717) is 36.2 Å². The molecule has 1 fully saturated rings. The molecule has 2 heterocycles. The van der Waals surface area contributed by atoms with Crippen LogP contribution in [0.15, 0.2) is 53.1 Å². The minimum absolute atomic E-state index is 0.0256. The number of aryl methyl sites for hydroxylation is 1. The molecule has 1 atom stereocenters. The summed E-state index contributed by atoms with van der Waals surface area (Å²) in [4.78, 5) is 17.1. The van der Waals surface area contributed by atoms with Gasteiger partial charge < -0.3 is 14.4 Å². The highest BCUT2D eigenvalue weighted by Gasteiger charge is 2.38. The lowest BCUT2D eigenvalue weighted by molar-refractivity contribution is -0.129. The molecule has 31 heavy (non-hydrogen) atoms. The van der Waals surface area contributed by atoms with Gasteiger partial charge in [-0.25, -0.2) is 0 Å². The summed E-state index contributed by atoms with van der Waals surface area (Å²) in [6.45, 7) is 4.98. The van der Waals surface area contributed by atoms with Crippen molar-refractivity contribution in [3.63, 3.8) is 0 Å². The number of rotatable bonds is 5. The van der Waals surface area contributed by atoms with Crippen LogP contribution in [0.2, 0.25) is 0 Å². The van der Waals surface area contributed by atoms with Crippen molar-refractivity contribution in [3.05, 3.63) is 64.2 Å². The van der Waals surface area contributed by atoms with Crippen LogP contribution in [0.1, 0.15) is 30.4 Å². The summed E-state index contributed by atoms with van der Waals surface area (Å²) in [5.41, 5.74) is 3.80. The molecule has 7 heteroatoms. The molecule has 2 aliphatic rings. The Morgan fingerprint density at radius 2 is 2.03 bits per heavy atom. The first-order chi connectivity index (χ1) is 15.1. The van der Waals surface area contributed by atoms with Crippen molar-refractivity contribution in [2.75, 3.05) is 31.2 Å². The highest BCUT2D eigenvalue weighted by molar-refractivity contribution is 8.03. The smallest absolute Gasteiger partial charge is 0.229 e. The number of hydrogen-bond donors (Lipinski definition) is 0. The summed E-state index contributed by atoms with van der Waals surface area (Å²) in [6, 6.07) is 16.2. The Hall–Kier alpha value is -3.11.